The normalized spacial score (nSPS) is 14.9. The van der Waals surface area contributed by atoms with Gasteiger partial charge in [0.15, 0.2) is 0 Å². The van der Waals surface area contributed by atoms with Gasteiger partial charge in [0.1, 0.15) is 0 Å². The molecule has 0 saturated carbocycles. The molecular formula is C21H24N2O3. The molecule has 0 aromatic heterocycles. The zero-order valence-electron chi connectivity index (χ0n) is 15.2. The molecule has 1 aliphatic rings. The third-order valence-corrected chi connectivity index (χ3v) is 5.00. The molecule has 1 fully saturated rings. The van der Waals surface area contributed by atoms with Gasteiger partial charge >= 0.3 is 5.97 Å². The van der Waals surface area contributed by atoms with E-state index in [4.69, 9.17) is 0 Å². The number of carbonyl (C=O) groups is 2. The molecule has 1 amide bonds. The Hall–Kier alpha value is -2.82. The zero-order valence-corrected chi connectivity index (χ0v) is 15.2. The quantitative estimate of drug-likeness (QED) is 0.866. The summed E-state index contributed by atoms with van der Waals surface area (Å²) in [5.74, 6) is -0.545. The number of aromatic carboxylic acids is 1. The standard InChI is InChI=1S/C21H24N2O3/c1-14-9-11-23(12-10-14)19-8-7-16(13-18(19)21(25)26)22-20(24)17-6-4-3-5-15(17)2/h3-8,13-14H,9-12H2,1-2H3,(H,22,24)(H,25,26). The van der Waals surface area contributed by atoms with Crippen molar-refractivity contribution in [2.45, 2.75) is 26.7 Å². The Morgan fingerprint density at radius 1 is 1.08 bits per heavy atom. The van der Waals surface area contributed by atoms with Crippen LogP contribution in [0.25, 0.3) is 0 Å². The molecule has 26 heavy (non-hydrogen) atoms. The third kappa shape index (κ3) is 3.87. The molecule has 3 rings (SSSR count). The topological polar surface area (TPSA) is 69.6 Å². The number of hydrogen-bond acceptors (Lipinski definition) is 3. The summed E-state index contributed by atoms with van der Waals surface area (Å²) in [5, 5.41) is 12.4. The van der Waals surface area contributed by atoms with E-state index in [-0.39, 0.29) is 11.5 Å². The van der Waals surface area contributed by atoms with Gasteiger partial charge < -0.3 is 15.3 Å². The van der Waals surface area contributed by atoms with Crippen LogP contribution in [0.5, 0.6) is 0 Å². The number of hydrogen-bond donors (Lipinski definition) is 2. The molecule has 2 aromatic carbocycles. The molecule has 0 unspecified atom stereocenters. The molecular weight excluding hydrogens is 328 g/mol. The van der Waals surface area contributed by atoms with Crippen LogP contribution in [-0.4, -0.2) is 30.1 Å². The summed E-state index contributed by atoms with van der Waals surface area (Å²) in [7, 11) is 0. The molecule has 5 nitrogen and oxygen atoms in total. The van der Waals surface area contributed by atoms with Gasteiger partial charge in [-0.1, -0.05) is 25.1 Å². The van der Waals surface area contributed by atoms with Gasteiger partial charge in [-0.25, -0.2) is 4.79 Å². The van der Waals surface area contributed by atoms with Crippen LogP contribution in [0.15, 0.2) is 42.5 Å². The summed E-state index contributed by atoms with van der Waals surface area (Å²) in [6.45, 7) is 5.81. The first kappa shape index (κ1) is 18.0. The molecule has 0 radical (unpaired) electrons. The molecule has 0 bridgehead atoms. The van der Waals surface area contributed by atoms with Crippen LogP contribution in [0.2, 0.25) is 0 Å². The fraction of sp³-hybridized carbons (Fsp3) is 0.333. The number of nitrogens with zero attached hydrogens (tertiary/aromatic N) is 1. The number of benzene rings is 2. The Morgan fingerprint density at radius 2 is 1.77 bits per heavy atom. The lowest BCUT2D eigenvalue weighted by atomic mass is 9.98. The summed E-state index contributed by atoms with van der Waals surface area (Å²) in [6.07, 6.45) is 2.12. The molecule has 5 heteroatoms. The van der Waals surface area contributed by atoms with E-state index in [2.05, 4.69) is 17.1 Å². The van der Waals surface area contributed by atoms with Crippen LogP contribution in [0.3, 0.4) is 0 Å². The maximum absolute atomic E-state index is 12.5. The Kier molecular flexibility index (Phi) is 5.26. The highest BCUT2D eigenvalue weighted by atomic mass is 16.4. The van der Waals surface area contributed by atoms with E-state index >= 15 is 0 Å². The Morgan fingerprint density at radius 3 is 2.42 bits per heavy atom. The highest BCUT2D eigenvalue weighted by molar-refractivity contribution is 6.06. The van der Waals surface area contributed by atoms with Crippen molar-refractivity contribution in [2.24, 2.45) is 5.92 Å². The van der Waals surface area contributed by atoms with Gasteiger partial charge in [-0.15, -0.1) is 0 Å². The first-order valence-corrected chi connectivity index (χ1v) is 8.95. The zero-order chi connectivity index (χ0) is 18.7. The maximum atomic E-state index is 12.5. The van der Waals surface area contributed by atoms with E-state index in [9.17, 15) is 14.7 Å². The minimum absolute atomic E-state index is 0.224. The maximum Gasteiger partial charge on any atom is 0.337 e. The predicted molar refractivity (Wildman–Crippen MR) is 103 cm³/mol. The minimum Gasteiger partial charge on any atom is -0.478 e. The van der Waals surface area contributed by atoms with E-state index in [1.165, 1.54) is 0 Å². The Bertz CT molecular complexity index is 824. The summed E-state index contributed by atoms with van der Waals surface area (Å²) < 4.78 is 0. The van der Waals surface area contributed by atoms with Crippen LogP contribution >= 0.6 is 0 Å². The second kappa shape index (κ2) is 7.60. The summed E-state index contributed by atoms with van der Waals surface area (Å²) in [4.78, 5) is 26.3. The van der Waals surface area contributed by atoms with E-state index in [0.29, 0.717) is 17.2 Å². The van der Waals surface area contributed by atoms with E-state index in [1.54, 1.807) is 24.3 Å². The summed E-state index contributed by atoms with van der Waals surface area (Å²) in [6, 6.07) is 12.4. The first-order valence-electron chi connectivity index (χ1n) is 8.95. The Balaban J connectivity index is 1.83. The molecule has 1 aliphatic heterocycles. The van der Waals surface area contributed by atoms with Crippen molar-refractivity contribution < 1.29 is 14.7 Å². The van der Waals surface area contributed by atoms with Crippen LogP contribution in [0.1, 0.15) is 46.0 Å². The van der Waals surface area contributed by atoms with Crippen molar-refractivity contribution in [1.29, 1.82) is 0 Å². The smallest absolute Gasteiger partial charge is 0.337 e. The van der Waals surface area contributed by atoms with Gasteiger partial charge in [-0.2, -0.15) is 0 Å². The van der Waals surface area contributed by atoms with Crippen molar-refractivity contribution in [3.8, 4) is 0 Å². The van der Waals surface area contributed by atoms with Crippen molar-refractivity contribution in [3.63, 3.8) is 0 Å². The predicted octanol–water partition coefficient (Wildman–Crippen LogP) is 4.18. The number of piperidine rings is 1. The van der Waals surface area contributed by atoms with Crippen molar-refractivity contribution >= 4 is 23.3 Å². The number of anilines is 2. The van der Waals surface area contributed by atoms with Crippen LogP contribution < -0.4 is 10.2 Å². The number of carboxylic acid groups (broad SMARTS) is 1. The molecule has 1 saturated heterocycles. The van der Waals surface area contributed by atoms with Crippen molar-refractivity contribution in [3.05, 3.63) is 59.2 Å². The summed E-state index contributed by atoms with van der Waals surface area (Å²) >= 11 is 0. The third-order valence-electron chi connectivity index (χ3n) is 5.00. The monoisotopic (exact) mass is 352 g/mol. The lowest BCUT2D eigenvalue weighted by Crippen LogP contribution is -2.33. The molecule has 2 N–H and O–H groups in total. The largest absolute Gasteiger partial charge is 0.478 e. The van der Waals surface area contributed by atoms with Crippen molar-refractivity contribution in [1.82, 2.24) is 0 Å². The van der Waals surface area contributed by atoms with Crippen LogP contribution in [-0.2, 0) is 0 Å². The first-order chi connectivity index (χ1) is 12.5. The molecule has 2 aromatic rings. The summed E-state index contributed by atoms with van der Waals surface area (Å²) in [5.41, 5.74) is 2.89. The fourth-order valence-electron chi connectivity index (χ4n) is 3.34. The number of carboxylic acids is 1. The van der Waals surface area contributed by atoms with Crippen LogP contribution in [0, 0.1) is 12.8 Å². The van der Waals surface area contributed by atoms with E-state index < -0.39 is 5.97 Å². The SMILES string of the molecule is Cc1ccccc1C(=O)Nc1ccc(N2CCC(C)CC2)c(C(=O)O)c1. The molecule has 136 valence electrons. The van der Waals surface area contributed by atoms with Gasteiger partial charge in [0, 0.05) is 24.3 Å². The Labute approximate surface area is 153 Å². The lowest BCUT2D eigenvalue weighted by Gasteiger charge is -2.33. The second-order valence-electron chi connectivity index (χ2n) is 6.98. The lowest BCUT2D eigenvalue weighted by molar-refractivity contribution is 0.0697. The molecule has 0 atom stereocenters. The molecule has 1 heterocycles. The molecule has 0 aliphatic carbocycles. The number of carbonyl (C=O) groups excluding carboxylic acids is 1. The number of aryl methyl sites for hydroxylation is 1. The van der Waals surface area contributed by atoms with Gasteiger partial charge in [0.2, 0.25) is 0 Å². The van der Waals surface area contributed by atoms with E-state index in [1.807, 2.05) is 25.1 Å². The van der Waals surface area contributed by atoms with Gasteiger partial charge in [-0.3, -0.25) is 4.79 Å². The minimum atomic E-state index is -0.981. The average molecular weight is 352 g/mol. The van der Waals surface area contributed by atoms with Crippen LogP contribution in [0.4, 0.5) is 11.4 Å². The number of amides is 1. The number of nitrogens with one attached hydrogen (secondary N) is 1. The highest BCUT2D eigenvalue weighted by Crippen LogP contribution is 2.29. The highest BCUT2D eigenvalue weighted by Gasteiger charge is 2.21. The second-order valence-corrected chi connectivity index (χ2v) is 6.98. The van der Waals surface area contributed by atoms with Gasteiger partial charge in [0.05, 0.1) is 11.3 Å². The van der Waals surface area contributed by atoms with E-state index in [0.717, 1.165) is 37.2 Å². The molecule has 0 spiro atoms. The fourth-order valence-corrected chi connectivity index (χ4v) is 3.34. The van der Waals surface area contributed by atoms with Gasteiger partial charge in [-0.05, 0) is 55.5 Å². The average Bonchev–Trinajstić information content (AvgIpc) is 2.62. The number of rotatable bonds is 4. The van der Waals surface area contributed by atoms with Crippen molar-refractivity contribution in [2.75, 3.05) is 23.3 Å². The van der Waals surface area contributed by atoms with Gasteiger partial charge in [0.25, 0.3) is 5.91 Å².